The number of morpholine rings is 1. The Labute approximate surface area is 253 Å². The van der Waals surface area contributed by atoms with Crippen molar-refractivity contribution < 1.29 is 9.53 Å². The average Bonchev–Trinajstić information content (AvgIpc) is 3.70. The first-order valence-electron chi connectivity index (χ1n) is 16.3. The zero-order valence-electron chi connectivity index (χ0n) is 25.8. The van der Waals surface area contributed by atoms with Gasteiger partial charge in [-0.3, -0.25) is 9.36 Å². The van der Waals surface area contributed by atoms with Gasteiger partial charge in [-0.15, -0.1) is 0 Å². The molecule has 43 heavy (non-hydrogen) atoms. The molecule has 1 aromatic carbocycles. The van der Waals surface area contributed by atoms with E-state index in [4.69, 9.17) is 19.7 Å². The van der Waals surface area contributed by atoms with Crippen molar-refractivity contribution in [3.63, 3.8) is 0 Å². The molecule has 0 saturated carbocycles. The molecule has 0 aliphatic carbocycles. The summed E-state index contributed by atoms with van der Waals surface area (Å²) in [6.07, 6.45) is 7.91. The van der Waals surface area contributed by atoms with Gasteiger partial charge in [0.1, 0.15) is 0 Å². The summed E-state index contributed by atoms with van der Waals surface area (Å²) in [5.74, 6) is 2.95. The lowest BCUT2D eigenvalue weighted by molar-refractivity contribution is -0.150. The molecule has 0 spiro atoms. The van der Waals surface area contributed by atoms with E-state index >= 15 is 0 Å². The molecule has 10 heteroatoms. The summed E-state index contributed by atoms with van der Waals surface area (Å²) in [6.45, 7) is 12.8. The number of imidazole rings is 1. The van der Waals surface area contributed by atoms with E-state index in [9.17, 15) is 4.79 Å². The van der Waals surface area contributed by atoms with Gasteiger partial charge in [-0.2, -0.15) is 0 Å². The summed E-state index contributed by atoms with van der Waals surface area (Å²) in [7, 11) is 0. The van der Waals surface area contributed by atoms with E-state index in [1.165, 1.54) is 0 Å². The van der Waals surface area contributed by atoms with E-state index in [1.54, 1.807) is 0 Å². The highest BCUT2D eigenvalue weighted by molar-refractivity contribution is 5.96. The minimum atomic E-state index is -0.164. The van der Waals surface area contributed by atoms with Gasteiger partial charge in [-0.25, -0.2) is 15.0 Å². The molecule has 1 N–H and O–H groups in total. The summed E-state index contributed by atoms with van der Waals surface area (Å²) in [4.78, 5) is 39.5. The van der Waals surface area contributed by atoms with E-state index in [-0.39, 0.29) is 5.41 Å². The Hall–Kier alpha value is -3.66. The van der Waals surface area contributed by atoms with E-state index in [2.05, 4.69) is 69.3 Å². The summed E-state index contributed by atoms with van der Waals surface area (Å²) in [6, 6.07) is 8.64. The third kappa shape index (κ3) is 4.74. The van der Waals surface area contributed by atoms with Crippen LogP contribution in [0.4, 0.5) is 11.8 Å². The van der Waals surface area contributed by atoms with E-state index in [1.807, 2.05) is 6.20 Å². The molecule has 3 fully saturated rings. The van der Waals surface area contributed by atoms with Gasteiger partial charge in [-0.05, 0) is 57.6 Å². The number of anilines is 2. The average molecular weight is 585 g/mol. The van der Waals surface area contributed by atoms with Crippen LogP contribution < -0.4 is 9.80 Å². The number of amides is 1. The zero-order chi connectivity index (χ0) is 29.6. The molecule has 6 heterocycles. The van der Waals surface area contributed by atoms with Crippen LogP contribution in [0, 0.1) is 5.41 Å². The first-order valence-corrected chi connectivity index (χ1v) is 16.3. The van der Waals surface area contributed by atoms with Gasteiger partial charge in [0.15, 0.2) is 22.8 Å². The molecule has 0 unspecified atom stereocenters. The van der Waals surface area contributed by atoms with Crippen LogP contribution in [0.5, 0.6) is 0 Å². The molecule has 0 atom stereocenters. The number of hydrogen-bond donors (Lipinski definition) is 1. The molecule has 4 aromatic rings. The normalized spacial score (nSPS) is 20.1. The van der Waals surface area contributed by atoms with Crippen molar-refractivity contribution in [2.75, 3.05) is 55.7 Å². The van der Waals surface area contributed by atoms with Gasteiger partial charge < -0.3 is 24.4 Å². The van der Waals surface area contributed by atoms with Gasteiger partial charge in [0.25, 0.3) is 0 Å². The Morgan fingerprint density at radius 2 is 1.74 bits per heavy atom. The molecule has 0 bridgehead atoms. The van der Waals surface area contributed by atoms with Crippen LogP contribution in [-0.4, -0.2) is 87.3 Å². The van der Waals surface area contributed by atoms with Gasteiger partial charge >= 0.3 is 0 Å². The number of rotatable bonds is 7. The predicted octanol–water partition coefficient (Wildman–Crippen LogP) is 5.23. The Morgan fingerprint density at radius 3 is 2.49 bits per heavy atom. The molecule has 228 valence electrons. The number of likely N-dealkylation sites (tertiary alicyclic amines) is 1. The minimum absolute atomic E-state index is 0.164. The van der Waals surface area contributed by atoms with Crippen LogP contribution in [0.25, 0.3) is 33.5 Å². The fraction of sp³-hybridized carbons (Fsp3) is 0.576. The lowest BCUT2D eigenvalue weighted by atomic mass is 9.74. The first-order chi connectivity index (χ1) is 21.1. The molecule has 1 amide bonds. The number of nitrogens with zero attached hydrogens (tertiary/aromatic N) is 7. The molecule has 3 aliphatic heterocycles. The van der Waals surface area contributed by atoms with Crippen molar-refractivity contribution in [2.45, 2.75) is 71.9 Å². The summed E-state index contributed by atoms with van der Waals surface area (Å²) >= 11 is 0. The molecule has 3 aliphatic rings. The third-order valence-corrected chi connectivity index (χ3v) is 10.3. The quantitative estimate of drug-likeness (QED) is 0.318. The maximum atomic E-state index is 13.6. The zero-order valence-corrected chi connectivity index (χ0v) is 25.8. The number of hydrogen-bond acceptors (Lipinski definition) is 7. The first kappa shape index (κ1) is 28.1. The van der Waals surface area contributed by atoms with Crippen molar-refractivity contribution in [3.8, 4) is 11.4 Å². The van der Waals surface area contributed by atoms with Gasteiger partial charge in [0.2, 0.25) is 11.9 Å². The number of fused-ring (bicyclic) bond motifs is 2. The van der Waals surface area contributed by atoms with Crippen molar-refractivity contribution >= 4 is 39.7 Å². The van der Waals surface area contributed by atoms with Crippen LogP contribution in [-0.2, 0) is 16.1 Å². The molecule has 0 radical (unpaired) electrons. The smallest absolute Gasteiger partial charge is 0.229 e. The second-order valence-electron chi connectivity index (χ2n) is 12.4. The Morgan fingerprint density at radius 1 is 0.953 bits per heavy atom. The van der Waals surface area contributed by atoms with Crippen LogP contribution in [0.3, 0.4) is 0 Å². The fourth-order valence-electron chi connectivity index (χ4n) is 7.64. The number of nitrogens with one attached hydrogen (secondary N) is 1. The summed E-state index contributed by atoms with van der Waals surface area (Å²) in [5.41, 5.74) is 3.66. The monoisotopic (exact) mass is 584 g/mol. The van der Waals surface area contributed by atoms with Gasteiger partial charge in [0.05, 0.1) is 13.2 Å². The maximum absolute atomic E-state index is 13.6. The number of piperidine rings is 2. The second kappa shape index (κ2) is 11.4. The second-order valence-corrected chi connectivity index (χ2v) is 12.4. The highest BCUT2D eigenvalue weighted by Crippen LogP contribution is 2.40. The van der Waals surface area contributed by atoms with Crippen LogP contribution in [0.15, 0.2) is 30.5 Å². The number of ether oxygens (including phenoxy) is 1. The Kier molecular flexibility index (Phi) is 7.49. The number of carbonyl (C=O) groups excluding carboxylic acids is 1. The van der Waals surface area contributed by atoms with Crippen molar-refractivity contribution in [2.24, 2.45) is 5.41 Å². The largest absolute Gasteiger partial charge is 0.378 e. The van der Waals surface area contributed by atoms with Crippen molar-refractivity contribution in [1.29, 1.82) is 0 Å². The van der Waals surface area contributed by atoms with Crippen LogP contribution >= 0.6 is 0 Å². The molecule has 7 rings (SSSR count). The number of benzene rings is 1. The highest BCUT2D eigenvalue weighted by Gasteiger charge is 2.43. The summed E-state index contributed by atoms with van der Waals surface area (Å²) in [5, 5.41) is 1.11. The van der Waals surface area contributed by atoms with Gasteiger partial charge in [0, 0.05) is 73.4 Å². The molecule has 10 nitrogen and oxygen atoms in total. The molecule has 3 saturated heterocycles. The number of aromatic nitrogens is 5. The maximum Gasteiger partial charge on any atom is 0.229 e. The minimum Gasteiger partial charge on any atom is -0.378 e. The topological polar surface area (TPSA) is 95.4 Å². The fourth-order valence-corrected chi connectivity index (χ4v) is 7.64. The highest BCUT2D eigenvalue weighted by atomic mass is 16.5. The van der Waals surface area contributed by atoms with E-state index in [0.29, 0.717) is 25.2 Å². The van der Waals surface area contributed by atoms with Crippen LogP contribution in [0.1, 0.15) is 59.3 Å². The Bertz CT molecular complexity index is 1610. The number of carbonyl (C=O) groups is 1. The molecule has 3 aromatic heterocycles. The number of aryl methyl sites for hydroxylation is 1. The predicted molar refractivity (Wildman–Crippen MR) is 171 cm³/mol. The number of aromatic amines is 1. The van der Waals surface area contributed by atoms with Gasteiger partial charge in [-0.1, -0.05) is 26.0 Å². The summed E-state index contributed by atoms with van der Waals surface area (Å²) < 4.78 is 7.94. The van der Waals surface area contributed by atoms with E-state index < -0.39 is 0 Å². The number of H-pyrrole nitrogens is 1. The molecular formula is C33H44N8O2. The standard InChI is InChI=1S/C33H44N8O2/c1-4-33(5-2)14-8-16-41(31(33)42)23-12-17-39(18-13-23)32-35-27-29(38-19-21-43-22-20-38)36-28(37-30(27)40(32)6-3)25-9-7-10-26-24(25)11-15-34-26/h7,9-11,15,23,34H,4-6,8,12-14,16-22H2,1-3H3. The third-order valence-electron chi connectivity index (χ3n) is 10.3. The SMILES string of the molecule is CCn1c(N2CCC(N3CCCC(CC)(CC)C3=O)CC2)nc2c(N3CCOCC3)nc(-c3cccc4[nH]ccc34)nc21. The van der Waals surface area contributed by atoms with Crippen molar-refractivity contribution in [3.05, 3.63) is 30.5 Å². The van der Waals surface area contributed by atoms with Crippen molar-refractivity contribution in [1.82, 2.24) is 29.4 Å². The lowest BCUT2D eigenvalue weighted by Gasteiger charge is -2.46. The molecular weight excluding hydrogens is 540 g/mol. The lowest BCUT2D eigenvalue weighted by Crippen LogP contribution is -2.55. The van der Waals surface area contributed by atoms with E-state index in [0.717, 1.165) is 123 Å². The van der Waals surface area contributed by atoms with Crippen LogP contribution in [0.2, 0.25) is 0 Å². The Balaban J connectivity index is 1.23.